The Kier molecular flexibility index (Phi) is 4.62. The molecule has 24 heavy (non-hydrogen) atoms. The molecule has 0 saturated carbocycles. The molecule has 0 aliphatic heterocycles. The second-order valence-corrected chi connectivity index (χ2v) is 5.64. The largest absolute Gasteiger partial charge is 0.457 e. The molecule has 0 unspecified atom stereocenters. The molecular formula is C21H19NO2. The number of nitrogens with zero attached hydrogens (tertiary/aromatic N) is 1. The van der Waals surface area contributed by atoms with Crippen LogP contribution in [0.15, 0.2) is 78.9 Å². The van der Waals surface area contributed by atoms with Gasteiger partial charge in [-0.15, -0.1) is 0 Å². The number of carbonyl (C=O) groups excluding carboxylic acids is 1. The molecule has 0 radical (unpaired) electrons. The minimum absolute atomic E-state index is 0.0527. The Morgan fingerprint density at radius 1 is 0.792 bits per heavy atom. The molecule has 3 nitrogen and oxygen atoms in total. The number of rotatable bonds is 4. The molecule has 0 bridgehead atoms. The van der Waals surface area contributed by atoms with Gasteiger partial charge in [-0.25, -0.2) is 0 Å². The summed E-state index contributed by atoms with van der Waals surface area (Å²) in [4.78, 5) is 14.2. The smallest absolute Gasteiger partial charge is 0.258 e. The number of aryl methyl sites for hydroxylation is 1. The zero-order chi connectivity index (χ0) is 16.9. The Bertz CT molecular complexity index is 809. The van der Waals surface area contributed by atoms with Gasteiger partial charge in [0, 0.05) is 18.3 Å². The fourth-order valence-electron chi connectivity index (χ4n) is 2.37. The molecule has 3 heteroatoms. The molecule has 0 atom stereocenters. The van der Waals surface area contributed by atoms with Crippen LogP contribution in [-0.2, 0) is 0 Å². The highest BCUT2D eigenvalue weighted by Gasteiger charge is 2.13. The van der Waals surface area contributed by atoms with Crippen molar-refractivity contribution in [2.75, 3.05) is 11.9 Å². The zero-order valence-electron chi connectivity index (χ0n) is 13.8. The highest BCUT2D eigenvalue weighted by Crippen LogP contribution is 2.23. The zero-order valence-corrected chi connectivity index (χ0v) is 13.8. The summed E-state index contributed by atoms with van der Waals surface area (Å²) >= 11 is 0. The summed E-state index contributed by atoms with van der Waals surface area (Å²) in [7, 11) is 1.77. The van der Waals surface area contributed by atoms with Crippen LogP contribution in [0, 0.1) is 6.92 Å². The molecule has 120 valence electrons. The van der Waals surface area contributed by atoms with E-state index in [9.17, 15) is 4.79 Å². The minimum Gasteiger partial charge on any atom is -0.457 e. The van der Waals surface area contributed by atoms with Gasteiger partial charge in [0.25, 0.3) is 5.91 Å². The first-order chi connectivity index (χ1) is 11.6. The van der Waals surface area contributed by atoms with Crippen molar-refractivity contribution in [2.24, 2.45) is 0 Å². The quantitative estimate of drug-likeness (QED) is 0.673. The van der Waals surface area contributed by atoms with Crippen molar-refractivity contribution in [1.82, 2.24) is 0 Å². The van der Waals surface area contributed by atoms with E-state index in [-0.39, 0.29) is 5.91 Å². The summed E-state index contributed by atoms with van der Waals surface area (Å²) in [6.07, 6.45) is 0. The molecule has 0 aliphatic carbocycles. The van der Waals surface area contributed by atoms with Gasteiger partial charge in [0.15, 0.2) is 0 Å². The van der Waals surface area contributed by atoms with Crippen LogP contribution in [0.1, 0.15) is 15.9 Å². The monoisotopic (exact) mass is 317 g/mol. The average Bonchev–Trinajstić information content (AvgIpc) is 2.64. The Hall–Kier alpha value is -3.07. The lowest BCUT2D eigenvalue weighted by Crippen LogP contribution is -2.25. The molecule has 3 aromatic carbocycles. The van der Waals surface area contributed by atoms with E-state index in [0.29, 0.717) is 11.3 Å². The average molecular weight is 317 g/mol. The summed E-state index contributed by atoms with van der Waals surface area (Å²) in [5, 5.41) is 0. The van der Waals surface area contributed by atoms with E-state index in [1.54, 1.807) is 24.1 Å². The van der Waals surface area contributed by atoms with Crippen LogP contribution in [0.3, 0.4) is 0 Å². The van der Waals surface area contributed by atoms with E-state index in [2.05, 4.69) is 0 Å². The Balaban J connectivity index is 1.72. The van der Waals surface area contributed by atoms with Crippen molar-refractivity contribution in [3.05, 3.63) is 90.0 Å². The second-order valence-electron chi connectivity index (χ2n) is 5.64. The minimum atomic E-state index is -0.0527. The molecule has 0 fully saturated rings. The summed E-state index contributed by atoms with van der Waals surface area (Å²) < 4.78 is 5.79. The third-order valence-corrected chi connectivity index (χ3v) is 3.81. The lowest BCUT2D eigenvalue weighted by Gasteiger charge is -2.17. The Morgan fingerprint density at radius 3 is 1.92 bits per heavy atom. The fourth-order valence-corrected chi connectivity index (χ4v) is 2.37. The molecule has 3 rings (SSSR count). The number of amides is 1. The van der Waals surface area contributed by atoms with Crippen LogP contribution in [0.25, 0.3) is 0 Å². The molecular weight excluding hydrogens is 298 g/mol. The maximum Gasteiger partial charge on any atom is 0.258 e. The number of hydrogen-bond acceptors (Lipinski definition) is 2. The van der Waals surface area contributed by atoms with E-state index >= 15 is 0 Å². The van der Waals surface area contributed by atoms with Crippen LogP contribution in [-0.4, -0.2) is 13.0 Å². The van der Waals surface area contributed by atoms with E-state index < -0.39 is 0 Å². The van der Waals surface area contributed by atoms with Crippen molar-refractivity contribution in [3.8, 4) is 11.5 Å². The van der Waals surface area contributed by atoms with E-state index in [1.807, 2.05) is 73.7 Å². The standard InChI is InChI=1S/C21H19NO2/c1-16-8-12-19(13-9-16)24-20-14-10-17(11-15-20)21(23)22(2)18-6-4-3-5-7-18/h3-15H,1-2H3. The molecule has 0 aliphatic rings. The van der Waals surface area contributed by atoms with Gasteiger partial charge >= 0.3 is 0 Å². The maximum atomic E-state index is 12.5. The summed E-state index contributed by atoms with van der Waals surface area (Å²) in [5.41, 5.74) is 2.67. The first-order valence-corrected chi connectivity index (χ1v) is 7.81. The highest BCUT2D eigenvalue weighted by atomic mass is 16.5. The number of ether oxygens (including phenoxy) is 1. The first kappa shape index (κ1) is 15.8. The van der Waals surface area contributed by atoms with Crippen molar-refractivity contribution < 1.29 is 9.53 Å². The predicted molar refractivity (Wildman–Crippen MR) is 96.9 cm³/mol. The van der Waals surface area contributed by atoms with Crippen LogP contribution in [0.4, 0.5) is 5.69 Å². The second kappa shape index (κ2) is 7.01. The summed E-state index contributed by atoms with van der Waals surface area (Å²) in [6, 6.07) is 24.6. The van der Waals surface area contributed by atoms with Crippen molar-refractivity contribution in [1.29, 1.82) is 0 Å². The van der Waals surface area contributed by atoms with Crippen LogP contribution in [0.2, 0.25) is 0 Å². The molecule has 0 N–H and O–H groups in total. The maximum absolute atomic E-state index is 12.5. The molecule has 0 spiro atoms. The third kappa shape index (κ3) is 3.63. The van der Waals surface area contributed by atoms with Crippen molar-refractivity contribution in [2.45, 2.75) is 6.92 Å². The lowest BCUT2D eigenvalue weighted by atomic mass is 10.2. The van der Waals surface area contributed by atoms with Gasteiger partial charge in [-0.2, -0.15) is 0 Å². The molecule has 0 heterocycles. The Labute approximate surface area is 142 Å². The fraction of sp³-hybridized carbons (Fsp3) is 0.0952. The highest BCUT2D eigenvalue weighted by molar-refractivity contribution is 6.05. The topological polar surface area (TPSA) is 29.5 Å². The van der Waals surface area contributed by atoms with Crippen LogP contribution in [0.5, 0.6) is 11.5 Å². The summed E-state index contributed by atoms with van der Waals surface area (Å²) in [6.45, 7) is 2.04. The van der Waals surface area contributed by atoms with Crippen molar-refractivity contribution >= 4 is 11.6 Å². The number of para-hydroxylation sites is 1. The number of hydrogen-bond donors (Lipinski definition) is 0. The lowest BCUT2D eigenvalue weighted by molar-refractivity contribution is 0.0993. The molecule has 3 aromatic rings. The normalized spacial score (nSPS) is 10.2. The number of anilines is 1. The van der Waals surface area contributed by atoms with Gasteiger partial charge < -0.3 is 9.64 Å². The summed E-state index contributed by atoms with van der Waals surface area (Å²) in [5.74, 6) is 1.43. The van der Waals surface area contributed by atoms with E-state index in [1.165, 1.54) is 5.56 Å². The first-order valence-electron chi connectivity index (χ1n) is 7.81. The van der Waals surface area contributed by atoms with Gasteiger partial charge in [0.05, 0.1) is 0 Å². The van der Waals surface area contributed by atoms with Gasteiger partial charge in [-0.05, 0) is 55.5 Å². The SMILES string of the molecule is Cc1ccc(Oc2ccc(C(=O)N(C)c3ccccc3)cc2)cc1. The predicted octanol–water partition coefficient (Wildman–Crippen LogP) is 5.06. The molecule has 0 aromatic heterocycles. The van der Waals surface area contributed by atoms with E-state index in [0.717, 1.165) is 11.4 Å². The van der Waals surface area contributed by atoms with Gasteiger partial charge in [0.1, 0.15) is 11.5 Å². The van der Waals surface area contributed by atoms with Gasteiger partial charge in [-0.1, -0.05) is 35.9 Å². The number of carbonyl (C=O) groups is 1. The van der Waals surface area contributed by atoms with Gasteiger partial charge in [-0.3, -0.25) is 4.79 Å². The van der Waals surface area contributed by atoms with Crippen molar-refractivity contribution in [3.63, 3.8) is 0 Å². The molecule has 1 amide bonds. The van der Waals surface area contributed by atoms with Gasteiger partial charge in [0.2, 0.25) is 0 Å². The number of benzene rings is 3. The van der Waals surface area contributed by atoms with E-state index in [4.69, 9.17) is 4.74 Å². The van der Waals surface area contributed by atoms with Crippen LogP contribution < -0.4 is 9.64 Å². The third-order valence-electron chi connectivity index (χ3n) is 3.81. The molecule has 0 saturated heterocycles. The van der Waals surface area contributed by atoms with Crippen LogP contribution >= 0.6 is 0 Å². The Morgan fingerprint density at radius 2 is 1.33 bits per heavy atom.